The molecule has 0 saturated carbocycles. The summed E-state index contributed by atoms with van der Waals surface area (Å²) in [5.41, 5.74) is 2.51. The van der Waals surface area contributed by atoms with Crippen molar-refractivity contribution in [1.82, 2.24) is 15.5 Å². The molecule has 1 aliphatic heterocycles. The summed E-state index contributed by atoms with van der Waals surface area (Å²) in [7, 11) is 1.71. The molecule has 7 heteroatoms. The van der Waals surface area contributed by atoms with Crippen LogP contribution in [0.2, 0.25) is 0 Å². The molecule has 1 heterocycles. The molecule has 0 aliphatic carbocycles. The van der Waals surface area contributed by atoms with E-state index < -0.39 is 12.7 Å². The quantitative estimate of drug-likeness (QED) is 0.597. The number of halogens is 3. The largest absolute Gasteiger partial charge is 0.401 e. The first kappa shape index (κ1) is 20.6. The lowest BCUT2D eigenvalue weighted by Gasteiger charge is -2.19. The summed E-state index contributed by atoms with van der Waals surface area (Å²) in [6, 6.07) is 8.43. The zero-order chi connectivity index (χ0) is 19.2. The smallest absolute Gasteiger partial charge is 0.356 e. The molecule has 1 aromatic rings. The van der Waals surface area contributed by atoms with Crippen LogP contribution in [0, 0.1) is 12.8 Å². The number of aryl methyl sites for hydroxylation is 1. The number of likely N-dealkylation sites (tertiary alicyclic amines) is 1. The van der Waals surface area contributed by atoms with E-state index in [-0.39, 0.29) is 5.92 Å². The van der Waals surface area contributed by atoms with Gasteiger partial charge in [0.05, 0.1) is 6.54 Å². The molecule has 1 aromatic carbocycles. The molecule has 4 nitrogen and oxygen atoms in total. The Morgan fingerprint density at radius 2 is 2.12 bits per heavy atom. The zero-order valence-electron chi connectivity index (χ0n) is 15.7. The maximum Gasteiger partial charge on any atom is 0.401 e. The molecule has 2 rings (SSSR count). The summed E-state index contributed by atoms with van der Waals surface area (Å²) in [6.45, 7) is 5.77. The van der Waals surface area contributed by atoms with Crippen LogP contribution >= 0.6 is 0 Å². The lowest BCUT2D eigenvalue weighted by molar-refractivity contribution is -0.143. The van der Waals surface area contributed by atoms with Crippen molar-refractivity contribution in [2.45, 2.75) is 32.4 Å². The Morgan fingerprint density at radius 1 is 1.35 bits per heavy atom. The molecule has 2 atom stereocenters. The van der Waals surface area contributed by atoms with E-state index in [1.807, 2.05) is 0 Å². The summed E-state index contributed by atoms with van der Waals surface area (Å²) >= 11 is 0. The molecule has 0 bridgehead atoms. The van der Waals surface area contributed by atoms with E-state index in [0.717, 1.165) is 13.0 Å². The number of alkyl halides is 3. The summed E-state index contributed by atoms with van der Waals surface area (Å²) in [5, 5.41) is 6.55. The van der Waals surface area contributed by atoms with Crippen LogP contribution in [0.1, 0.15) is 30.4 Å². The number of benzene rings is 1. The van der Waals surface area contributed by atoms with Crippen LogP contribution < -0.4 is 10.6 Å². The van der Waals surface area contributed by atoms with Gasteiger partial charge >= 0.3 is 6.18 Å². The van der Waals surface area contributed by atoms with Gasteiger partial charge in [0.15, 0.2) is 5.96 Å². The van der Waals surface area contributed by atoms with Crippen molar-refractivity contribution >= 4 is 5.96 Å². The zero-order valence-corrected chi connectivity index (χ0v) is 15.7. The lowest BCUT2D eigenvalue weighted by atomic mass is 9.99. The van der Waals surface area contributed by atoms with E-state index in [1.165, 1.54) is 16.0 Å². The fourth-order valence-electron chi connectivity index (χ4n) is 3.28. The summed E-state index contributed by atoms with van der Waals surface area (Å²) in [5.74, 6) is 1.24. The number of rotatable bonds is 6. The molecule has 2 unspecified atom stereocenters. The summed E-state index contributed by atoms with van der Waals surface area (Å²) < 4.78 is 37.4. The van der Waals surface area contributed by atoms with E-state index in [0.29, 0.717) is 31.5 Å². The van der Waals surface area contributed by atoms with Crippen molar-refractivity contribution in [3.8, 4) is 0 Å². The first-order chi connectivity index (χ1) is 12.3. The predicted octanol–water partition coefficient (Wildman–Crippen LogP) is 3.15. The highest BCUT2D eigenvalue weighted by molar-refractivity contribution is 5.79. The summed E-state index contributed by atoms with van der Waals surface area (Å²) in [6.07, 6.45) is -3.34. The maximum absolute atomic E-state index is 12.5. The Hall–Kier alpha value is -1.76. The molecular formula is C19H29F3N4. The van der Waals surface area contributed by atoms with Crippen LogP contribution in [0.15, 0.2) is 29.3 Å². The molecule has 0 aromatic heterocycles. The van der Waals surface area contributed by atoms with Gasteiger partial charge in [0.2, 0.25) is 0 Å². The van der Waals surface area contributed by atoms with Crippen molar-refractivity contribution in [2.75, 3.05) is 39.8 Å². The molecule has 26 heavy (non-hydrogen) atoms. The van der Waals surface area contributed by atoms with E-state index >= 15 is 0 Å². The standard InChI is InChI=1S/C19H29F3N4/c1-14-5-4-6-17(9-14)15(2)10-24-18(23-3)25-11-16-7-8-26(12-16)13-19(20,21)22/h4-6,9,15-16H,7-8,10-13H2,1-3H3,(H2,23,24,25). The van der Waals surface area contributed by atoms with Gasteiger partial charge in [0.25, 0.3) is 0 Å². The van der Waals surface area contributed by atoms with Gasteiger partial charge in [-0.15, -0.1) is 0 Å². The first-order valence-corrected chi connectivity index (χ1v) is 9.07. The Labute approximate surface area is 153 Å². The Kier molecular flexibility index (Phi) is 7.32. The number of hydrogen-bond acceptors (Lipinski definition) is 2. The van der Waals surface area contributed by atoms with Crippen LogP contribution in [-0.2, 0) is 0 Å². The Balaban J connectivity index is 1.73. The van der Waals surface area contributed by atoms with Crippen LogP contribution in [-0.4, -0.2) is 56.8 Å². The highest BCUT2D eigenvalue weighted by atomic mass is 19.4. The number of guanidine groups is 1. The Morgan fingerprint density at radius 3 is 2.77 bits per heavy atom. The van der Waals surface area contributed by atoms with E-state index in [4.69, 9.17) is 0 Å². The van der Waals surface area contributed by atoms with Gasteiger partial charge < -0.3 is 10.6 Å². The van der Waals surface area contributed by atoms with Gasteiger partial charge in [-0.05, 0) is 37.3 Å². The second kappa shape index (κ2) is 9.26. The van der Waals surface area contributed by atoms with E-state index in [2.05, 4.69) is 53.7 Å². The molecule has 146 valence electrons. The normalized spacial score (nSPS) is 20.2. The van der Waals surface area contributed by atoms with Crippen molar-refractivity contribution < 1.29 is 13.2 Å². The summed E-state index contributed by atoms with van der Waals surface area (Å²) in [4.78, 5) is 5.69. The highest BCUT2D eigenvalue weighted by Crippen LogP contribution is 2.22. The topological polar surface area (TPSA) is 39.7 Å². The molecule has 1 fully saturated rings. The van der Waals surface area contributed by atoms with Crippen LogP contribution in [0.25, 0.3) is 0 Å². The second-order valence-electron chi connectivity index (χ2n) is 7.15. The molecule has 2 N–H and O–H groups in total. The number of aliphatic imine (C=N–C) groups is 1. The molecule has 1 aliphatic rings. The van der Waals surface area contributed by atoms with Crippen LogP contribution in [0.3, 0.4) is 0 Å². The van der Waals surface area contributed by atoms with Crippen LogP contribution in [0.5, 0.6) is 0 Å². The van der Waals surface area contributed by atoms with Crippen molar-refractivity contribution in [2.24, 2.45) is 10.9 Å². The van der Waals surface area contributed by atoms with Gasteiger partial charge in [0.1, 0.15) is 0 Å². The van der Waals surface area contributed by atoms with Gasteiger partial charge in [-0.3, -0.25) is 9.89 Å². The minimum atomic E-state index is -4.12. The Bertz CT molecular complexity index is 601. The monoisotopic (exact) mass is 370 g/mol. The van der Waals surface area contributed by atoms with Gasteiger partial charge in [-0.1, -0.05) is 36.8 Å². The molecule has 0 spiro atoms. The number of hydrogen-bond donors (Lipinski definition) is 2. The first-order valence-electron chi connectivity index (χ1n) is 9.07. The highest BCUT2D eigenvalue weighted by Gasteiger charge is 2.34. The number of nitrogens with one attached hydrogen (secondary N) is 2. The van der Waals surface area contributed by atoms with Gasteiger partial charge in [-0.25, -0.2) is 0 Å². The minimum absolute atomic E-state index is 0.213. The number of nitrogens with zero attached hydrogens (tertiary/aromatic N) is 2. The predicted molar refractivity (Wildman–Crippen MR) is 99.6 cm³/mol. The molecular weight excluding hydrogens is 341 g/mol. The molecule has 0 amide bonds. The minimum Gasteiger partial charge on any atom is -0.356 e. The average Bonchev–Trinajstić information content (AvgIpc) is 3.00. The van der Waals surface area contributed by atoms with Crippen molar-refractivity contribution in [1.29, 1.82) is 0 Å². The van der Waals surface area contributed by atoms with Crippen molar-refractivity contribution in [3.63, 3.8) is 0 Å². The van der Waals surface area contributed by atoms with E-state index in [9.17, 15) is 13.2 Å². The van der Waals surface area contributed by atoms with Crippen molar-refractivity contribution in [3.05, 3.63) is 35.4 Å². The molecule has 0 radical (unpaired) electrons. The maximum atomic E-state index is 12.5. The fourth-order valence-corrected chi connectivity index (χ4v) is 3.28. The van der Waals surface area contributed by atoms with Gasteiger partial charge in [0, 0.05) is 26.7 Å². The fraction of sp³-hybridized carbons (Fsp3) is 0.632. The third-order valence-corrected chi connectivity index (χ3v) is 4.74. The lowest BCUT2D eigenvalue weighted by Crippen LogP contribution is -2.41. The SMILES string of the molecule is CN=C(NCC1CCN(CC(F)(F)F)C1)NCC(C)c1cccc(C)c1. The van der Waals surface area contributed by atoms with E-state index in [1.54, 1.807) is 7.05 Å². The van der Waals surface area contributed by atoms with Gasteiger partial charge in [-0.2, -0.15) is 13.2 Å². The van der Waals surface area contributed by atoms with Crippen LogP contribution in [0.4, 0.5) is 13.2 Å². The third-order valence-electron chi connectivity index (χ3n) is 4.74. The average molecular weight is 370 g/mol. The second-order valence-corrected chi connectivity index (χ2v) is 7.15. The molecule has 1 saturated heterocycles. The third kappa shape index (κ3) is 6.86.